The van der Waals surface area contributed by atoms with Crippen molar-refractivity contribution in [3.63, 3.8) is 0 Å². The fourth-order valence-corrected chi connectivity index (χ4v) is 1.85. The minimum Gasteiger partial charge on any atom is -0.338 e. The van der Waals surface area contributed by atoms with Gasteiger partial charge in [-0.15, -0.1) is 0 Å². The highest BCUT2D eigenvalue weighted by Gasteiger charge is 2.19. The van der Waals surface area contributed by atoms with Crippen LogP contribution in [0.15, 0.2) is 36.4 Å². The summed E-state index contributed by atoms with van der Waals surface area (Å²) in [6.07, 6.45) is 0. The van der Waals surface area contributed by atoms with E-state index in [-0.39, 0.29) is 5.91 Å². The maximum absolute atomic E-state index is 12.0. The summed E-state index contributed by atoms with van der Waals surface area (Å²) in [5.41, 5.74) is 3.07. The molecule has 0 saturated carbocycles. The van der Waals surface area contributed by atoms with Crippen LogP contribution >= 0.6 is 0 Å². The summed E-state index contributed by atoms with van der Waals surface area (Å²) >= 11 is 0. The number of nitrogens with zero attached hydrogens (tertiary/aromatic N) is 1. The van der Waals surface area contributed by atoms with E-state index in [1.54, 1.807) is 6.07 Å². The fourth-order valence-electron chi connectivity index (χ4n) is 1.85. The lowest BCUT2D eigenvalue weighted by molar-refractivity contribution is 0.102. The minimum absolute atomic E-state index is 0.134. The number of aryl methyl sites for hydroxylation is 1. The van der Waals surface area contributed by atoms with Gasteiger partial charge in [-0.1, -0.05) is 12.1 Å². The standard InChI is InChI=1S/C13H11N3O/c1-8-6-7-9-12(14-8)15-10-4-2-3-5-11(10)16-13(9)17/h2-7H,1H3,(H,14,15)(H,16,17). The molecule has 2 aromatic rings. The third kappa shape index (κ3) is 1.63. The molecule has 0 radical (unpaired) electrons. The zero-order chi connectivity index (χ0) is 11.8. The van der Waals surface area contributed by atoms with Gasteiger partial charge in [-0.2, -0.15) is 0 Å². The Balaban J connectivity index is 2.18. The second-order valence-corrected chi connectivity index (χ2v) is 3.97. The first-order valence-electron chi connectivity index (χ1n) is 5.39. The molecule has 2 N–H and O–H groups in total. The quantitative estimate of drug-likeness (QED) is 0.724. The Morgan fingerprint density at radius 2 is 1.71 bits per heavy atom. The van der Waals surface area contributed by atoms with Gasteiger partial charge in [-0.25, -0.2) is 4.98 Å². The van der Waals surface area contributed by atoms with Gasteiger partial charge < -0.3 is 10.6 Å². The minimum atomic E-state index is -0.134. The van der Waals surface area contributed by atoms with Crippen molar-refractivity contribution >= 4 is 23.1 Å². The van der Waals surface area contributed by atoms with Gasteiger partial charge in [0.2, 0.25) is 0 Å². The van der Waals surface area contributed by atoms with E-state index >= 15 is 0 Å². The molecule has 17 heavy (non-hydrogen) atoms. The number of anilines is 3. The smallest absolute Gasteiger partial charge is 0.259 e. The van der Waals surface area contributed by atoms with Gasteiger partial charge in [0.25, 0.3) is 5.91 Å². The van der Waals surface area contributed by atoms with E-state index in [1.807, 2.05) is 37.3 Å². The van der Waals surface area contributed by atoms with Crippen molar-refractivity contribution in [2.45, 2.75) is 6.92 Å². The molecule has 1 amide bonds. The Morgan fingerprint density at radius 1 is 1.00 bits per heavy atom. The van der Waals surface area contributed by atoms with Gasteiger partial charge in [0.05, 0.1) is 16.9 Å². The number of carbonyl (C=O) groups is 1. The average Bonchev–Trinajstić information content (AvgIpc) is 2.44. The summed E-state index contributed by atoms with van der Waals surface area (Å²) in [7, 11) is 0. The molecule has 0 saturated heterocycles. The monoisotopic (exact) mass is 225 g/mol. The van der Waals surface area contributed by atoms with Crippen LogP contribution in [0.3, 0.4) is 0 Å². The summed E-state index contributed by atoms with van der Waals surface area (Å²) in [6.45, 7) is 1.90. The number of carbonyl (C=O) groups excluding carboxylic acids is 1. The van der Waals surface area contributed by atoms with Gasteiger partial charge in [-0.3, -0.25) is 4.79 Å². The Hall–Kier alpha value is -2.36. The number of hydrogen-bond acceptors (Lipinski definition) is 3. The van der Waals surface area contributed by atoms with E-state index in [0.29, 0.717) is 11.4 Å². The van der Waals surface area contributed by atoms with Crippen LogP contribution in [0.2, 0.25) is 0 Å². The predicted octanol–water partition coefficient (Wildman–Crippen LogP) is 2.70. The van der Waals surface area contributed by atoms with Crippen LogP contribution in [0.4, 0.5) is 17.2 Å². The van der Waals surface area contributed by atoms with E-state index in [2.05, 4.69) is 15.6 Å². The molecule has 1 aliphatic heterocycles. The Morgan fingerprint density at radius 3 is 2.47 bits per heavy atom. The first kappa shape index (κ1) is 9.84. The highest BCUT2D eigenvalue weighted by molar-refractivity contribution is 6.11. The summed E-state index contributed by atoms with van der Waals surface area (Å²) in [5, 5.41) is 6.04. The normalized spacial score (nSPS) is 12.9. The molecule has 84 valence electrons. The molecule has 1 aliphatic rings. The summed E-state index contributed by atoms with van der Waals surface area (Å²) < 4.78 is 0. The van der Waals surface area contributed by atoms with Crippen molar-refractivity contribution in [3.8, 4) is 0 Å². The largest absolute Gasteiger partial charge is 0.338 e. The number of pyridine rings is 1. The van der Waals surface area contributed by atoms with Gasteiger partial charge in [0.15, 0.2) is 0 Å². The molecule has 1 aromatic heterocycles. The summed E-state index contributed by atoms with van der Waals surface area (Å²) in [5.74, 6) is 0.470. The van der Waals surface area contributed by atoms with Gasteiger partial charge in [0.1, 0.15) is 5.82 Å². The highest BCUT2D eigenvalue weighted by atomic mass is 16.1. The van der Waals surface area contributed by atoms with Crippen LogP contribution in [0.25, 0.3) is 0 Å². The van der Waals surface area contributed by atoms with Crippen molar-refractivity contribution in [1.29, 1.82) is 0 Å². The maximum Gasteiger partial charge on any atom is 0.259 e. The van der Waals surface area contributed by atoms with Crippen LogP contribution in [0, 0.1) is 6.92 Å². The molecule has 0 atom stereocenters. The van der Waals surface area contributed by atoms with Crippen LogP contribution in [0.5, 0.6) is 0 Å². The SMILES string of the molecule is Cc1ccc2c(n1)Nc1ccccc1NC2=O. The third-order valence-electron chi connectivity index (χ3n) is 2.71. The topological polar surface area (TPSA) is 54.0 Å². The van der Waals surface area contributed by atoms with E-state index in [4.69, 9.17) is 0 Å². The summed E-state index contributed by atoms with van der Waals surface area (Å²) in [4.78, 5) is 16.3. The van der Waals surface area contributed by atoms with Crippen LogP contribution in [0.1, 0.15) is 16.1 Å². The average molecular weight is 225 g/mol. The molecule has 1 aromatic carbocycles. The lowest BCUT2D eigenvalue weighted by Gasteiger charge is -2.07. The number of rotatable bonds is 0. The Kier molecular flexibility index (Phi) is 2.08. The van der Waals surface area contributed by atoms with Crippen molar-refractivity contribution in [2.75, 3.05) is 10.6 Å². The van der Waals surface area contributed by atoms with E-state index < -0.39 is 0 Å². The molecule has 0 bridgehead atoms. The second kappa shape index (κ2) is 3.59. The molecule has 4 heteroatoms. The maximum atomic E-state index is 12.0. The van der Waals surface area contributed by atoms with Crippen LogP contribution in [-0.2, 0) is 0 Å². The van der Waals surface area contributed by atoms with Crippen LogP contribution < -0.4 is 10.6 Å². The third-order valence-corrected chi connectivity index (χ3v) is 2.71. The molecular weight excluding hydrogens is 214 g/mol. The van der Waals surface area contributed by atoms with E-state index in [1.165, 1.54) is 0 Å². The van der Waals surface area contributed by atoms with Crippen LogP contribution in [-0.4, -0.2) is 10.9 Å². The Bertz CT molecular complexity index is 607. The van der Waals surface area contributed by atoms with E-state index in [9.17, 15) is 4.79 Å². The fraction of sp³-hybridized carbons (Fsp3) is 0.0769. The molecule has 4 nitrogen and oxygen atoms in total. The number of fused-ring (bicyclic) bond motifs is 2. The molecule has 0 fully saturated rings. The zero-order valence-corrected chi connectivity index (χ0v) is 9.32. The first-order valence-corrected chi connectivity index (χ1v) is 5.39. The van der Waals surface area contributed by atoms with Gasteiger partial charge in [-0.05, 0) is 31.2 Å². The van der Waals surface area contributed by atoms with Crippen molar-refractivity contribution < 1.29 is 4.79 Å². The van der Waals surface area contributed by atoms with Crippen molar-refractivity contribution in [1.82, 2.24) is 4.98 Å². The number of nitrogens with one attached hydrogen (secondary N) is 2. The lowest BCUT2D eigenvalue weighted by atomic mass is 10.2. The number of amides is 1. The van der Waals surface area contributed by atoms with E-state index in [0.717, 1.165) is 17.1 Å². The molecule has 2 heterocycles. The molecule has 0 spiro atoms. The first-order chi connectivity index (χ1) is 8.24. The highest BCUT2D eigenvalue weighted by Crippen LogP contribution is 2.30. The van der Waals surface area contributed by atoms with Crippen molar-refractivity contribution in [2.24, 2.45) is 0 Å². The summed E-state index contributed by atoms with van der Waals surface area (Å²) in [6, 6.07) is 11.2. The molecule has 0 unspecified atom stereocenters. The number of benzene rings is 1. The predicted molar refractivity (Wildman–Crippen MR) is 66.7 cm³/mol. The molecular formula is C13H11N3O. The number of hydrogen-bond donors (Lipinski definition) is 2. The second-order valence-electron chi connectivity index (χ2n) is 3.97. The van der Waals surface area contributed by atoms with Gasteiger partial charge >= 0.3 is 0 Å². The molecule has 0 aliphatic carbocycles. The number of aromatic nitrogens is 1. The van der Waals surface area contributed by atoms with Crippen molar-refractivity contribution in [3.05, 3.63) is 47.7 Å². The zero-order valence-electron chi connectivity index (χ0n) is 9.32. The van der Waals surface area contributed by atoms with Gasteiger partial charge in [0, 0.05) is 5.69 Å². The lowest BCUT2D eigenvalue weighted by Crippen LogP contribution is -2.11. The molecule has 3 rings (SSSR count). The Labute approximate surface area is 98.7 Å². The number of para-hydroxylation sites is 2.